The number of hydrogen-bond donors (Lipinski definition) is 0. The van der Waals surface area contributed by atoms with E-state index in [1.807, 2.05) is 16.7 Å². The van der Waals surface area contributed by atoms with Crippen LogP contribution in [-0.2, 0) is 26.1 Å². The first-order valence-electron chi connectivity index (χ1n) is 9.87. The first-order chi connectivity index (χ1) is 14.6. The Morgan fingerprint density at radius 3 is 2.60 bits per heavy atom. The lowest BCUT2D eigenvalue weighted by molar-refractivity contribution is 0.240. The Bertz CT molecular complexity index is 1280. The summed E-state index contributed by atoms with van der Waals surface area (Å²) in [4.78, 5) is 19.9. The molecule has 0 saturated heterocycles. The molecule has 0 saturated carbocycles. The molecule has 0 atom stereocenters. The second kappa shape index (κ2) is 7.50. The summed E-state index contributed by atoms with van der Waals surface area (Å²) in [7, 11) is 0. The van der Waals surface area contributed by atoms with E-state index < -0.39 is 0 Å². The molecule has 0 radical (unpaired) electrons. The molecular formula is C23H20F2N4O. The van der Waals surface area contributed by atoms with Crippen molar-refractivity contribution < 1.29 is 8.78 Å². The molecule has 2 aromatic carbocycles. The highest BCUT2D eigenvalue weighted by Gasteiger charge is 2.24. The van der Waals surface area contributed by atoms with E-state index in [9.17, 15) is 13.6 Å². The van der Waals surface area contributed by atoms with E-state index in [1.165, 1.54) is 24.3 Å². The van der Waals surface area contributed by atoms with Gasteiger partial charge in [-0.2, -0.15) is 0 Å². The second-order valence-corrected chi connectivity index (χ2v) is 7.63. The molecule has 0 spiro atoms. The summed E-state index contributed by atoms with van der Waals surface area (Å²) in [5, 5.41) is 0. The maximum Gasteiger partial charge on any atom is 0.259 e. The zero-order valence-electron chi connectivity index (χ0n) is 16.3. The molecule has 0 aliphatic carbocycles. The fraction of sp³-hybridized carbons (Fsp3) is 0.217. The predicted octanol–water partition coefficient (Wildman–Crippen LogP) is 3.38. The van der Waals surface area contributed by atoms with Crippen LogP contribution in [-0.4, -0.2) is 25.4 Å². The van der Waals surface area contributed by atoms with Gasteiger partial charge in [0.2, 0.25) is 5.78 Å². The van der Waals surface area contributed by atoms with Gasteiger partial charge in [0, 0.05) is 44.1 Å². The summed E-state index contributed by atoms with van der Waals surface area (Å²) in [6, 6.07) is 12.7. The van der Waals surface area contributed by atoms with Crippen molar-refractivity contribution >= 4 is 5.78 Å². The van der Waals surface area contributed by atoms with Crippen molar-refractivity contribution in [3.05, 3.63) is 105 Å². The quantitative estimate of drug-likeness (QED) is 0.522. The Morgan fingerprint density at radius 2 is 1.80 bits per heavy atom. The van der Waals surface area contributed by atoms with Crippen LogP contribution in [0.2, 0.25) is 0 Å². The minimum atomic E-state index is -0.310. The molecule has 0 N–H and O–H groups in total. The number of nitrogens with zero attached hydrogens (tertiary/aromatic N) is 4. The lowest BCUT2D eigenvalue weighted by Crippen LogP contribution is -2.38. The normalized spacial score (nSPS) is 14.2. The van der Waals surface area contributed by atoms with E-state index in [2.05, 4.69) is 9.88 Å². The van der Waals surface area contributed by atoms with Gasteiger partial charge in [0.15, 0.2) is 0 Å². The topological polar surface area (TPSA) is 42.5 Å². The Kier molecular flexibility index (Phi) is 4.67. The molecule has 0 amide bonds. The Labute approximate surface area is 171 Å². The molecule has 2 aromatic heterocycles. The third-order valence-corrected chi connectivity index (χ3v) is 5.60. The van der Waals surface area contributed by atoms with Gasteiger partial charge in [-0.25, -0.2) is 13.8 Å². The van der Waals surface area contributed by atoms with Crippen molar-refractivity contribution in [2.24, 2.45) is 0 Å². The molecular weight excluding hydrogens is 386 g/mol. The summed E-state index contributed by atoms with van der Waals surface area (Å²) < 4.78 is 30.4. The number of imidazole rings is 1. The van der Waals surface area contributed by atoms with Crippen LogP contribution in [0.4, 0.5) is 8.78 Å². The molecule has 5 rings (SSSR count). The molecule has 0 fully saturated rings. The molecule has 30 heavy (non-hydrogen) atoms. The number of hydrogen-bond acceptors (Lipinski definition) is 3. The van der Waals surface area contributed by atoms with Crippen molar-refractivity contribution in [3.63, 3.8) is 0 Å². The van der Waals surface area contributed by atoms with Crippen LogP contribution in [0, 0.1) is 11.6 Å². The molecule has 5 nitrogen and oxygen atoms in total. The van der Waals surface area contributed by atoms with Gasteiger partial charge in [-0.15, -0.1) is 0 Å². The molecule has 7 heteroatoms. The van der Waals surface area contributed by atoms with Gasteiger partial charge in [-0.3, -0.25) is 18.7 Å². The first kappa shape index (κ1) is 18.7. The average molecular weight is 406 g/mol. The Balaban J connectivity index is 1.51. The van der Waals surface area contributed by atoms with Crippen LogP contribution in [0.1, 0.15) is 22.4 Å². The maximum atomic E-state index is 13.5. The van der Waals surface area contributed by atoms with Gasteiger partial charge in [-0.1, -0.05) is 24.3 Å². The van der Waals surface area contributed by atoms with Gasteiger partial charge in [0.05, 0.1) is 12.1 Å². The number of rotatable bonds is 4. The highest BCUT2D eigenvalue weighted by molar-refractivity contribution is 5.38. The lowest BCUT2D eigenvalue weighted by atomic mass is 10.1. The molecule has 0 unspecified atom stereocenters. The van der Waals surface area contributed by atoms with Crippen molar-refractivity contribution in [1.29, 1.82) is 0 Å². The van der Waals surface area contributed by atoms with Gasteiger partial charge < -0.3 is 0 Å². The molecule has 0 bridgehead atoms. The summed E-state index contributed by atoms with van der Waals surface area (Å²) in [5.41, 5.74) is 3.32. The zero-order valence-corrected chi connectivity index (χ0v) is 16.3. The summed E-state index contributed by atoms with van der Waals surface area (Å²) in [6.45, 7) is 2.16. The highest BCUT2D eigenvalue weighted by atomic mass is 19.1. The molecule has 1 aliphatic heterocycles. The molecule has 3 heterocycles. The van der Waals surface area contributed by atoms with Crippen LogP contribution in [0.15, 0.2) is 65.7 Å². The van der Waals surface area contributed by atoms with Gasteiger partial charge in [0.1, 0.15) is 11.6 Å². The van der Waals surface area contributed by atoms with Crippen molar-refractivity contribution in [3.8, 4) is 0 Å². The van der Waals surface area contributed by atoms with Crippen LogP contribution >= 0.6 is 0 Å². The first-order valence-corrected chi connectivity index (χ1v) is 9.87. The van der Waals surface area contributed by atoms with Crippen LogP contribution < -0.4 is 5.56 Å². The van der Waals surface area contributed by atoms with E-state index in [-0.39, 0.29) is 17.2 Å². The molecule has 152 valence electrons. The van der Waals surface area contributed by atoms with Gasteiger partial charge in [0.25, 0.3) is 5.56 Å². The van der Waals surface area contributed by atoms with E-state index in [1.54, 1.807) is 29.0 Å². The lowest BCUT2D eigenvalue weighted by Gasteiger charge is -2.29. The average Bonchev–Trinajstić information content (AvgIpc) is 3.22. The van der Waals surface area contributed by atoms with E-state index in [0.29, 0.717) is 31.8 Å². The predicted molar refractivity (Wildman–Crippen MR) is 109 cm³/mol. The SMILES string of the molecule is O=c1c2c(n3ccnc3n1Cc1ccc(F)cc1)CCN(Cc1cccc(F)c1)C2. The van der Waals surface area contributed by atoms with Crippen molar-refractivity contribution in [2.75, 3.05) is 6.54 Å². The number of aromatic nitrogens is 3. The Hall–Kier alpha value is -3.32. The molecule has 1 aliphatic rings. The van der Waals surface area contributed by atoms with E-state index in [0.717, 1.165) is 28.9 Å². The third-order valence-electron chi connectivity index (χ3n) is 5.60. The van der Waals surface area contributed by atoms with Crippen molar-refractivity contribution in [2.45, 2.75) is 26.1 Å². The fourth-order valence-electron chi connectivity index (χ4n) is 4.17. The van der Waals surface area contributed by atoms with Crippen LogP contribution in [0.5, 0.6) is 0 Å². The van der Waals surface area contributed by atoms with Crippen LogP contribution in [0.25, 0.3) is 5.78 Å². The second-order valence-electron chi connectivity index (χ2n) is 7.63. The number of benzene rings is 2. The standard InChI is InChI=1S/C23H20F2N4O/c24-18-6-4-16(5-7-18)14-29-22(30)20-15-27(13-17-2-1-3-19(25)12-17)10-8-21(20)28-11-9-26-23(28)29/h1-7,9,11-12H,8,10,13-15H2. The third kappa shape index (κ3) is 3.41. The summed E-state index contributed by atoms with van der Waals surface area (Å²) >= 11 is 0. The highest BCUT2D eigenvalue weighted by Crippen LogP contribution is 2.20. The largest absolute Gasteiger partial charge is 0.294 e. The van der Waals surface area contributed by atoms with E-state index >= 15 is 0 Å². The minimum Gasteiger partial charge on any atom is -0.294 e. The maximum absolute atomic E-state index is 13.5. The Morgan fingerprint density at radius 1 is 0.967 bits per heavy atom. The monoisotopic (exact) mass is 406 g/mol. The zero-order chi connectivity index (χ0) is 20.7. The molecule has 4 aromatic rings. The van der Waals surface area contributed by atoms with Gasteiger partial charge >= 0.3 is 0 Å². The fourth-order valence-corrected chi connectivity index (χ4v) is 4.17. The van der Waals surface area contributed by atoms with Crippen LogP contribution in [0.3, 0.4) is 0 Å². The number of halogens is 2. The minimum absolute atomic E-state index is 0.0861. The van der Waals surface area contributed by atoms with Crippen molar-refractivity contribution in [1.82, 2.24) is 18.9 Å². The summed E-state index contributed by atoms with van der Waals surface area (Å²) in [6.07, 6.45) is 4.27. The summed E-state index contributed by atoms with van der Waals surface area (Å²) in [5.74, 6) is 0.0174. The number of fused-ring (bicyclic) bond motifs is 3. The smallest absolute Gasteiger partial charge is 0.259 e. The van der Waals surface area contributed by atoms with Gasteiger partial charge in [-0.05, 0) is 35.4 Å². The van der Waals surface area contributed by atoms with E-state index in [4.69, 9.17) is 0 Å².